The molecule has 0 bridgehead atoms. The second-order valence-corrected chi connectivity index (χ2v) is 4.69. The van der Waals surface area contributed by atoms with Gasteiger partial charge in [0.05, 0.1) is 11.0 Å². The van der Waals surface area contributed by atoms with Crippen molar-refractivity contribution in [2.75, 3.05) is 0 Å². The van der Waals surface area contributed by atoms with Crippen LogP contribution in [0.3, 0.4) is 0 Å². The van der Waals surface area contributed by atoms with Crippen molar-refractivity contribution in [3.8, 4) is 0 Å². The van der Waals surface area contributed by atoms with Crippen LogP contribution in [-0.2, 0) is 0 Å². The fourth-order valence-corrected chi connectivity index (χ4v) is 2.12. The minimum Gasteiger partial charge on any atom is -0.319 e. The molecule has 0 radical (unpaired) electrons. The van der Waals surface area contributed by atoms with Crippen molar-refractivity contribution >= 4 is 28.4 Å². The van der Waals surface area contributed by atoms with Gasteiger partial charge >= 0.3 is 0 Å². The van der Waals surface area contributed by atoms with Gasteiger partial charge in [-0.2, -0.15) is 0 Å². The van der Waals surface area contributed by atoms with E-state index in [2.05, 4.69) is 18.8 Å². The number of benzene rings is 1. The van der Waals surface area contributed by atoms with Crippen LogP contribution >= 0.6 is 11.6 Å². The Morgan fingerprint density at radius 3 is 2.82 bits per heavy atom. The normalized spacial score (nSPS) is 12.9. The molecule has 2 rings (SSSR count). The molecule has 0 saturated heterocycles. The first-order chi connectivity index (χ1) is 8.04. The Bertz CT molecular complexity index is 574. The molecule has 0 N–H and O–H groups in total. The Hall–Kier alpha value is -1.35. The Morgan fingerprint density at radius 1 is 1.53 bits per heavy atom. The maximum Gasteiger partial charge on any atom is 0.195 e. The first kappa shape index (κ1) is 12.1. The second kappa shape index (κ2) is 4.49. The molecule has 0 amide bonds. The summed E-state index contributed by atoms with van der Waals surface area (Å²) < 4.78 is 1.99. The summed E-state index contributed by atoms with van der Waals surface area (Å²) in [5.74, 6) is 0.495. The van der Waals surface area contributed by atoms with Crippen LogP contribution in [0.5, 0.6) is 0 Å². The fraction of sp³-hybridized carbons (Fsp3) is 0.385. The Kier molecular flexibility index (Phi) is 3.20. The number of hydrogen-bond acceptors (Lipinski definition) is 2. The molecule has 1 unspecified atom stereocenters. The summed E-state index contributed by atoms with van der Waals surface area (Å²) in [4.78, 5) is 16.0. The van der Waals surface area contributed by atoms with Crippen LogP contribution in [0.4, 0.5) is 0 Å². The number of carbonyl (C=O) groups excluding carboxylic acids is 1. The first-order valence-corrected chi connectivity index (χ1v) is 6.10. The number of fused-ring (bicyclic) bond motifs is 1. The van der Waals surface area contributed by atoms with E-state index in [-0.39, 0.29) is 11.8 Å². The topological polar surface area (TPSA) is 34.9 Å². The molecule has 0 spiro atoms. The molecule has 2 aromatic rings. The lowest BCUT2D eigenvalue weighted by atomic mass is 10.2. The van der Waals surface area contributed by atoms with Crippen molar-refractivity contribution in [2.45, 2.75) is 33.2 Å². The predicted molar refractivity (Wildman–Crippen MR) is 69.7 cm³/mol. The molecule has 3 nitrogen and oxygen atoms in total. The summed E-state index contributed by atoms with van der Waals surface area (Å²) in [6.45, 7) is 5.72. The molecule has 1 heterocycles. The molecule has 0 aliphatic rings. The van der Waals surface area contributed by atoms with E-state index in [1.165, 1.54) is 0 Å². The quantitative estimate of drug-likeness (QED) is 0.776. The number of Topliss-reactive ketones (excluding diaryl/α,β-unsaturated/α-hetero) is 1. The summed E-state index contributed by atoms with van der Waals surface area (Å²) in [6, 6.07) is 5.79. The molecule has 1 aromatic carbocycles. The van der Waals surface area contributed by atoms with Crippen LogP contribution in [0, 0.1) is 0 Å². The van der Waals surface area contributed by atoms with Crippen LogP contribution in [0.25, 0.3) is 11.0 Å². The van der Waals surface area contributed by atoms with E-state index in [0.717, 1.165) is 17.5 Å². The van der Waals surface area contributed by atoms with Crippen molar-refractivity contribution in [1.29, 1.82) is 0 Å². The van der Waals surface area contributed by atoms with Crippen molar-refractivity contribution < 1.29 is 4.79 Å². The van der Waals surface area contributed by atoms with Gasteiger partial charge in [-0.1, -0.05) is 18.5 Å². The molecule has 4 heteroatoms. The SMILES string of the molecule is CCC(C)n1c(C(C)=O)nc2cc(Cl)ccc21. The lowest BCUT2D eigenvalue weighted by molar-refractivity contribution is 0.0998. The minimum absolute atomic E-state index is 0.0161. The zero-order valence-electron chi connectivity index (χ0n) is 10.2. The summed E-state index contributed by atoms with van der Waals surface area (Å²) in [5, 5.41) is 0.640. The van der Waals surface area contributed by atoms with Crippen LogP contribution in [0.1, 0.15) is 43.9 Å². The molecular formula is C13H15ClN2O. The number of imidazole rings is 1. The molecule has 17 heavy (non-hydrogen) atoms. The van der Waals surface area contributed by atoms with Gasteiger partial charge in [0.2, 0.25) is 0 Å². The number of halogens is 1. The molecule has 0 aliphatic carbocycles. The molecule has 90 valence electrons. The molecule has 1 atom stereocenters. The second-order valence-electron chi connectivity index (χ2n) is 4.25. The summed E-state index contributed by atoms with van der Waals surface area (Å²) in [6.07, 6.45) is 0.953. The van der Waals surface area contributed by atoms with Gasteiger partial charge in [0, 0.05) is 18.0 Å². The number of nitrogens with zero attached hydrogens (tertiary/aromatic N) is 2. The number of ketones is 1. The summed E-state index contributed by atoms with van der Waals surface area (Å²) >= 11 is 5.94. The van der Waals surface area contributed by atoms with E-state index in [4.69, 9.17) is 11.6 Å². The standard InChI is InChI=1S/C13H15ClN2O/c1-4-8(2)16-12-6-5-10(14)7-11(12)15-13(16)9(3)17/h5-8H,4H2,1-3H3. The van der Waals surface area contributed by atoms with Gasteiger partial charge in [-0.15, -0.1) is 0 Å². The fourth-order valence-electron chi connectivity index (χ4n) is 1.95. The highest BCUT2D eigenvalue weighted by Gasteiger charge is 2.17. The molecule has 0 fully saturated rings. The summed E-state index contributed by atoms with van der Waals surface area (Å²) in [7, 11) is 0. The highest BCUT2D eigenvalue weighted by atomic mass is 35.5. The molecular weight excluding hydrogens is 236 g/mol. The number of hydrogen-bond donors (Lipinski definition) is 0. The lowest BCUT2D eigenvalue weighted by Crippen LogP contribution is -2.11. The monoisotopic (exact) mass is 250 g/mol. The van der Waals surface area contributed by atoms with Gasteiger partial charge in [-0.3, -0.25) is 4.79 Å². The first-order valence-electron chi connectivity index (χ1n) is 5.73. The number of aromatic nitrogens is 2. The van der Waals surface area contributed by atoms with E-state index in [0.29, 0.717) is 10.8 Å². The Morgan fingerprint density at radius 2 is 2.24 bits per heavy atom. The molecule has 1 aromatic heterocycles. The minimum atomic E-state index is -0.0161. The average molecular weight is 251 g/mol. The van der Waals surface area contributed by atoms with E-state index >= 15 is 0 Å². The van der Waals surface area contributed by atoms with Gasteiger partial charge in [0.25, 0.3) is 0 Å². The highest BCUT2D eigenvalue weighted by Crippen LogP contribution is 2.25. The Labute approximate surface area is 105 Å². The van der Waals surface area contributed by atoms with Crippen LogP contribution in [0.15, 0.2) is 18.2 Å². The van der Waals surface area contributed by atoms with E-state index in [9.17, 15) is 4.79 Å². The Balaban J connectivity index is 2.75. The third-order valence-electron chi connectivity index (χ3n) is 3.00. The van der Waals surface area contributed by atoms with Gasteiger partial charge in [-0.25, -0.2) is 4.98 Å². The van der Waals surface area contributed by atoms with Crippen LogP contribution in [-0.4, -0.2) is 15.3 Å². The van der Waals surface area contributed by atoms with Crippen molar-refractivity contribution in [1.82, 2.24) is 9.55 Å². The third kappa shape index (κ3) is 2.07. The number of rotatable bonds is 3. The maximum atomic E-state index is 11.6. The van der Waals surface area contributed by atoms with Gasteiger partial charge in [0.15, 0.2) is 11.6 Å². The maximum absolute atomic E-state index is 11.6. The largest absolute Gasteiger partial charge is 0.319 e. The number of carbonyl (C=O) groups is 1. The van der Waals surface area contributed by atoms with Crippen molar-refractivity contribution in [3.63, 3.8) is 0 Å². The zero-order valence-corrected chi connectivity index (χ0v) is 11.0. The third-order valence-corrected chi connectivity index (χ3v) is 3.23. The summed E-state index contributed by atoms with van der Waals surface area (Å²) in [5.41, 5.74) is 1.75. The van der Waals surface area contributed by atoms with Crippen LogP contribution in [0.2, 0.25) is 5.02 Å². The van der Waals surface area contributed by atoms with E-state index in [1.807, 2.05) is 16.7 Å². The van der Waals surface area contributed by atoms with E-state index < -0.39 is 0 Å². The average Bonchev–Trinajstić information content (AvgIpc) is 2.66. The van der Waals surface area contributed by atoms with Crippen LogP contribution < -0.4 is 0 Å². The smallest absolute Gasteiger partial charge is 0.195 e. The van der Waals surface area contributed by atoms with Crippen molar-refractivity contribution in [2.24, 2.45) is 0 Å². The van der Waals surface area contributed by atoms with Crippen molar-refractivity contribution in [3.05, 3.63) is 29.0 Å². The predicted octanol–water partition coefficient (Wildman–Crippen LogP) is 3.86. The van der Waals surface area contributed by atoms with Gasteiger partial charge in [0.1, 0.15) is 0 Å². The van der Waals surface area contributed by atoms with Gasteiger partial charge < -0.3 is 4.57 Å². The highest BCUT2D eigenvalue weighted by molar-refractivity contribution is 6.31. The molecule has 0 saturated carbocycles. The van der Waals surface area contributed by atoms with Gasteiger partial charge in [-0.05, 0) is 31.5 Å². The molecule has 0 aliphatic heterocycles. The lowest BCUT2D eigenvalue weighted by Gasteiger charge is -2.14. The zero-order chi connectivity index (χ0) is 12.6. The van der Waals surface area contributed by atoms with E-state index in [1.54, 1.807) is 13.0 Å².